The number of fused-ring (bicyclic) bond motifs is 1. The Morgan fingerprint density at radius 3 is 2.34 bits per heavy atom. The summed E-state index contributed by atoms with van der Waals surface area (Å²) in [6.07, 6.45) is 2.60. The molecule has 2 aromatic carbocycles. The Morgan fingerprint density at radius 1 is 0.897 bits per heavy atom. The number of hydrogen-bond acceptors (Lipinski definition) is 2. The molecule has 0 spiro atoms. The summed E-state index contributed by atoms with van der Waals surface area (Å²) in [6, 6.07) is 21.1. The molecule has 0 aliphatic heterocycles. The molecule has 4 heteroatoms. The van der Waals surface area contributed by atoms with Crippen LogP contribution in [0, 0.1) is 0 Å². The maximum absolute atomic E-state index is 13.7. The van der Waals surface area contributed by atoms with E-state index in [9.17, 15) is 9.59 Å². The smallest absolute Gasteiger partial charge is 0.263 e. The van der Waals surface area contributed by atoms with Crippen molar-refractivity contribution < 1.29 is 0 Å². The average molecular weight is 384 g/mol. The Bertz CT molecular complexity index is 1300. The molecule has 0 saturated carbocycles. The van der Waals surface area contributed by atoms with Gasteiger partial charge in [0.15, 0.2) is 0 Å². The summed E-state index contributed by atoms with van der Waals surface area (Å²) in [6.45, 7) is 6.01. The van der Waals surface area contributed by atoms with Gasteiger partial charge in [-0.15, -0.1) is 0 Å². The third kappa shape index (κ3) is 3.31. The van der Waals surface area contributed by atoms with Crippen LogP contribution in [-0.2, 0) is 6.42 Å². The normalized spacial score (nSPS) is 11.3. The molecular formula is C25H24N2O2. The van der Waals surface area contributed by atoms with E-state index in [1.54, 1.807) is 21.3 Å². The van der Waals surface area contributed by atoms with E-state index in [0.29, 0.717) is 5.39 Å². The van der Waals surface area contributed by atoms with Gasteiger partial charge in [0.2, 0.25) is 0 Å². The number of aryl methyl sites for hydroxylation is 1. The molecule has 4 rings (SSSR count). The molecule has 146 valence electrons. The number of pyridine rings is 2. The van der Waals surface area contributed by atoms with Gasteiger partial charge in [-0.25, -0.2) is 0 Å². The largest absolute Gasteiger partial charge is 0.312 e. The Hall–Kier alpha value is -3.40. The first-order valence-electron chi connectivity index (χ1n) is 9.97. The number of para-hydroxylation sites is 1. The van der Waals surface area contributed by atoms with Crippen LogP contribution in [-0.4, -0.2) is 9.13 Å². The van der Waals surface area contributed by atoms with Crippen molar-refractivity contribution in [2.45, 2.75) is 33.2 Å². The van der Waals surface area contributed by atoms with E-state index in [0.717, 1.165) is 34.3 Å². The van der Waals surface area contributed by atoms with Gasteiger partial charge in [-0.2, -0.15) is 0 Å². The highest BCUT2D eigenvalue weighted by Gasteiger charge is 2.15. The first-order chi connectivity index (χ1) is 14.0. The molecule has 0 radical (unpaired) electrons. The zero-order chi connectivity index (χ0) is 20.5. The summed E-state index contributed by atoms with van der Waals surface area (Å²) in [4.78, 5) is 25.9. The standard InChI is InChI=1S/C25H24N2O2/c1-4-20-15-18-9-8-12-22(19-13-14-23(28)26(16-19)17(2)3)24(18)25(29)27(20)21-10-6-5-7-11-21/h5-17H,4H2,1-3H3. The van der Waals surface area contributed by atoms with Crippen LogP contribution in [0.5, 0.6) is 0 Å². The van der Waals surface area contributed by atoms with E-state index in [4.69, 9.17) is 0 Å². The lowest BCUT2D eigenvalue weighted by Crippen LogP contribution is -2.23. The van der Waals surface area contributed by atoms with Gasteiger partial charge in [-0.3, -0.25) is 14.2 Å². The summed E-state index contributed by atoms with van der Waals surface area (Å²) in [7, 11) is 0. The topological polar surface area (TPSA) is 44.0 Å². The number of hydrogen-bond donors (Lipinski definition) is 0. The fourth-order valence-electron chi connectivity index (χ4n) is 3.84. The lowest BCUT2D eigenvalue weighted by Gasteiger charge is -2.16. The van der Waals surface area contributed by atoms with Crippen molar-refractivity contribution in [3.05, 3.63) is 99.3 Å². The van der Waals surface area contributed by atoms with Crippen LogP contribution in [0.3, 0.4) is 0 Å². The first-order valence-corrected chi connectivity index (χ1v) is 9.97. The Balaban J connectivity index is 2.07. The molecule has 0 aliphatic rings. The fraction of sp³-hybridized carbons (Fsp3) is 0.200. The maximum Gasteiger partial charge on any atom is 0.263 e. The van der Waals surface area contributed by atoms with Crippen molar-refractivity contribution in [3.8, 4) is 16.8 Å². The molecule has 2 aromatic heterocycles. The number of aromatic nitrogens is 2. The molecule has 0 saturated heterocycles. The van der Waals surface area contributed by atoms with Gasteiger partial charge in [0.05, 0.1) is 5.39 Å². The van der Waals surface area contributed by atoms with E-state index in [1.165, 1.54) is 0 Å². The van der Waals surface area contributed by atoms with Crippen molar-refractivity contribution in [2.24, 2.45) is 0 Å². The molecule has 0 atom stereocenters. The molecule has 29 heavy (non-hydrogen) atoms. The summed E-state index contributed by atoms with van der Waals surface area (Å²) in [5.41, 5.74) is 3.46. The zero-order valence-corrected chi connectivity index (χ0v) is 16.9. The second kappa shape index (κ2) is 7.55. The molecule has 0 amide bonds. The number of nitrogens with zero attached hydrogens (tertiary/aromatic N) is 2. The van der Waals surface area contributed by atoms with Crippen LogP contribution < -0.4 is 11.1 Å². The van der Waals surface area contributed by atoms with Gasteiger partial charge < -0.3 is 4.57 Å². The third-order valence-electron chi connectivity index (χ3n) is 5.31. The van der Waals surface area contributed by atoms with Gasteiger partial charge in [0.25, 0.3) is 11.1 Å². The predicted molar refractivity (Wildman–Crippen MR) is 119 cm³/mol. The van der Waals surface area contributed by atoms with E-state index in [-0.39, 0.29) is 17.2 Å². The lowest BCUT2D eigenvalue weighted by molar-refractivity contribution is 0.579. The van der Waals surface area contributed by atoms with E-state index in [1.807, 2.05) is 68.6 Å². The molecule has 0 N–H and O–H groups in total. The Labute approximate surface area is 169 Å². The molecular weight excluding hydrogens is 360 g/mol. The summed E-state index contributed by atoms with van der Waals surface area (Å²) in [5.74, 6) is 0. The highest BCUT2D eigenvalue weighted by molar-refractivity contribution is 5.96. The van der Waals surface area contributed by atoms with Gasteiger partial charge >= 0.3 is 0 Å². The van der Waals surface area contributed by atoms with Crippen LogP contribution >= 0.6 is 0 Å². The van der Waals surface area contributed by atoms with Crippen molar-refractivity contribution in [2.75, 3.05) is 0 Å². The van der Waals surface area contributed by atoms with Gasteiger partial charge in [-0.1, -0.05) is 43.3 Å². The summed E-state index contributed by atoms with van der Waals surface area (Å²) >= 11 is 0. The minimum Gasteiger partial charge on any atom is -0.312 e. The number of benzene rings is 2. The Morgan fingerprint density at radius 2 is 1.66 bits per heavy atom. The zero-order valence-electron chi connectivity index (χ0n) is 16.9. The number of rotatable bonds is 4. The summed E-state index contributed by atoms with van der Waals surface area (Å²) < 4.78 is 3.49. The van der Waals surface area contributed by atoms with E-state index in [2.05, 4.69) is 13.0 Å². The highest BCUT2D eigenvalue weighted by Crippen LogP contribution is 2.27. The van der Waals surface area contributed by atoms with Crippen LogP contribution in [0.4, 0.5) is 0 Å². The second-order valence-corrected chi connectivity index (χ2v) is 7.49. The second-order valence-electron chi connectivity index (χ2n) is 7.49. The predicted octanol–water partition coefficient (Wildman–Crippen LogP) is 4.96. The molecule has 0 bridgehead atoms. The van der Waals surface area contributed by atoms with Crippen molar-refractivity contribution in [1.82, 2.24) is 9.13 Å². The monoisotopic (exact) mass is 384 g/mol. The molecule has 4 aromatic rings. The minimum absolute atomic E-state index is 0.0385. The van der Waals surface area contributed by atoms with Crippen molar-refractivity contribution in [1.29, 1.82) is 0 Å². The molecule has 4 nitrogen and oxygen atoms in total. The van der Waals surface area contributed by atoms with Crippen LogP contribution in [0.2, 0.25) is 0 Å². The SMILES string of the molecule is CCc1cc2cccc(-c3ccc(=O)n(C(C)C)c3)c2c(=O)n1-c1ccccc1. The average Bonchev–Trinajstić information content (AvgIpc) is 2.74. The first kappa shape index (κ1) is 18.9. The highest BCUT2D eigenvalue weighted by atomic mass is 16.1. The molecule has 0 aliphatic carbocycles. The van der Waals surface area contributed by atoms with Crippen LogP contribution in [0.15, 0.2) is 82.5 Å². The molecule has 0 fully saturated rings. The summed E-state index contributed by atoms with van der Waals surface area (Å²) in [5, 5.41) is 1.58. The lowest BCUT2D eigenvalue weighted by atomic mass is 9.99. The van der Waals surface area contributed by atoms with Gasteiger partial charge in [0, 0.05) is 29.7 Å². The van der Waals surface area contributed by atoms with E-state index < -0.39 is 0 Å². The van der Waals surface area contributed by atoms with Gasteiger partial charge in [-0.05, 0) is 61.0 Å². The fourth-order valence-corrected chi connectivity index (χ4v) is 3.84. The van der Waals surface area contributed by atoms with Crippen molar-refractivity contribution in [3.63, 3.8) is 0 Å². The van der Waals surface area contributed by atoms with Crippen molar-refractivity contribution >= 4 is 10.8 Å². The Kier molecular flexibility index (Phi) is 4.93. The molecule has 0 unspecified atom stereocenters. The van der Waals surface area contributed by atoms with E-state index >= 15 is 0 Å². The third-order valence-corrected chi connectivity index (χ3v) is 5.31. The quantitative estimate of drug-likeness (QED) is 0.499. The molecule has 2 heterocycles. The minimum atomic E-state index is -0.0426. The maximum atomic E-state index is 13.7. The van der Waals surface area contributed by atoms with Crippen LogP contribution in [0.1, 0.15) is 32.5 Å². The van der Waals surface area contributed by atoms with Gasteiger partial charge in [0.1, 0.15) is 0 Å². The van der Waals surface area contributed by atoms with Crippen LogP contribution in [0.25, 0.3) is 27.6 Å².